The van der Waals surface area contributed by atoms with Gasteiger partial charge in [-0.25, -0.2) is 0 Å². The fraction of sp³-hybridized carbons (Fsp3) is 0.200. The molecule has 2 aromatic carbocycles. The molecule has 0 saturated heterocycles. The Bertz CT molecular complexity index is 739. The molecule has 0 aliphatic heterocycles. The number of terminal acetylenes is 1. The number of Topliss-reactive ketones (excluding diaryl/α,β-unsaturated/α-hetero) is 1. The van der Waals surface area contributed by atoms with Gasteiger partial charge in [0.1, 0.15) is 0 Å². The van der Waals surface area contributed by atoms with E-state index < -0.39 is 0 Å². The molecule has 1 N–H and O–H groups in total. The number of carbonyl (C=O) groups excluding carboxylic acids is 2. The minimum absolute atomic E-state index is 0.0276. The van der Waals surface area contributed by atoms with E-state index in [1.165, 1.54) is 5.56 Å². The second-order valence-electron chi connectivity index (χ2n) is 5.25. The zero-order valence-electron chi connectivity index (χ0n) is 13.1. The Balaban J connectivity index is 1.88. The van der Waals surface area contributed by atoms with Crippen molar-refractivity contribution in [2.45, 2.75) is 26.2 Å². The molecule has 0 aliphatic rings. The van der Waals surface area contributed by atoms with Crippen LogP contribution in [0.3, 0.4) is 0 Å². The molecular weight excluding hydrogens is 286 g/mol. The third kappa shape index (κ3) is 4.82. The number of hydrogen-bond donors (Lipinski definition) is 1. The summed E-state index contributed by atoms with van der Waals surface area (Å²) in [6, 6.07) is 14.6. The maximum absolute atomic E-state index is 12.1. The topological polar surface area (TPSA) is 46.2 Å². The lowest BCUT2D eigenvalue weighted by atomic mass is 10.0. The second-order valence-corrected chi connectivity index (χ2v) is 5.25. The Hall–Kier alpha value is -2.86. The van der Waals surface area contributed by atoms with Crippen molar-refractivity contribution < 1.29 is 9.59 Å². The highest BCUT2D eigenvalue weighted by Crippen LogP contribution is 2.12. The van der Waals surface area contributed by atoms with Crippen molar-refractivity contribution in [2.24, 2.45) is 0 Å². The van der Waals surface area contributed by atoms with Crippen molar-refractivity contribution >= 4 is 17.4 Å². The van der Waals surface area contributed by atoms with Crippen LogP contribution < -0.4 is 5.32 Å². The first-order valence-electron chi connectivity index (χ1n) is 7.61. The predicted molar refractivity (Wildman–Crippen MR) is 92.4 cm³/mol. The Morgan fingerprint density at radius 3 is 2.48 bits per heavy atom. The van der Waals surface area contributed by atoms with Gasteiger partial charge in [-0.1, -0.05) is 43.2 Å². The number of amides is 1. The van der Waals surface area contributed by atoms with Crippen molar-refractivity contribution in [3.63, 3.8) is 0 Å². The van der Waals surface area contributed by atoms with E-state index in [1.807, 2.05) is 24.3 Å². The van der Waals surface area contributed by atoms with Gasteiger partial charge >= 0.3 is 0 Å². The van der Waals surface area contributed by atoms with Crippen LogP contribution in [0.4, 0.5) is 5.69 Å². The zero-order valence-corrected chi connectivity index (χ0v) is 13.1. The third-order valence-electron chi connectivity index (χ3n) is 3.58. The van der Waals surface area contributed by atoms with Crippen LogP contribution in [0.15, 0.2) is 48.5 Å². The second kappa shape index (κ2) is 7.95. The van der Waals surface area contributed by atoms with Crippen molar-refractivity contribution in [3.05, 3.63) is 65.2 Å². The molecule has 0 heterocycles. The number of benzene rings is 2. The fourth-order valence-electron chi connectivity index (χ4n) is 2.21. The Kier molecular flexibility index (Phi) is 5.71. The zero-order chi connectivity index (χ0) is 16.7. The highest BCUT2D eigenvalue weighted by atomic mass is 16.2. The molecule has 23 heavy (non-hydrogen) atoms. The van der Waals surface area contributed by atoms with Crippen LogP contribution in [0.5, 0.6) is 0 Å². The van der Waals surface area contributed by atoms with Crippen LogP contribution >= 0.6 is 0 Å². The molecule has 2 rings (SSSR count). The first-order chi connectivity index (χ1) is 11.1. The highest BCUT2D eigenvalue weighted by Gasteiger charge is 2.09. The quantitative estimate of drug-likeness (QED) is 0.651. The molecule has 0 fully saturated rings. The standard InChI is InChI=1S/C20H19NO2/c1-3-15-8-10-17(11-9-15)19(22)12-13-20(23)21-18-7-5-6-16(4-2)14-18/h2,5-11,14H,3,12-13H2,1H3,(H,21,23). The number of anilines is 1. The largest absolute Gasteiger partial charge is 0.326 e. The van der Waals surface area contributed by atoms with Gasteiger partial charge in [0.2, 0.25) is 5.91 Å². The van der Waals surface area contributed by atoms with E-state index >= 15 is 0 Å². The highest BCUT2D eigenvalue weighted by molar-refractivity contribution is 6.00. The van der Waals surface area contributed by atoms with Gasteiger partial charge in [0, 0.05) is 29.7 Å². The summed E-state index contributed by atoms with van der Waals surface area (Å²) in [4.78, 5) is 24.0. The summed E-state index contributed by atoms with van der Waals surface area (Å²) < 4.78 is 0. The maximum atomic E-state index is 12.1. The lowest BCUT2D eigenvalue weighted by Crippen LogP contribution is -2.13. The van der Waals surface area contributed by atoms with Gasteiger partial charge in [-0.3, -0.25) is 9.59 Å². The molecule has 3 heteroatoms. The van der Waals surface area contributed by atoms with E-state index in [9.17, 15) is 9.59 Å². The van der Waals surface area contributed by atoms with E-state index in [0.717, 1.165) is 6.42 Å². The van der Waals surface area contributed by atoms with Crippen LogP contribution in [0.1, 0.15) is 41.3 Å². The summed E-state index contributed by atoms with van der Waals surface area (Å²) in [6.07, 6.45) is 6.60. The molecule has 1 amide bonds. The number of hydrogen-bond acceptors (Lipinski definition) is 2. The van der Waals surface area contributed by atoms with Gasteiger partial charge in [-0.05, 0) is 30.2 Å². The molecule has 0 radical (unpaired) electrons. The van der Waals surface area contributed by atoms with Crippen molar-refractivity contribution in [2.75, 3.05) is 5.32 Å². The predicted octanol–water partition coefficient (Wildman–Crippen LogP) is 3.83. The molecular formula is C20H19NO2. The van der Waals surface area contributed by atoms with Gasteiger partial charge < -0.3 is 5.32 Å². The smallest absolute Gasteiger partial charge is 0.224 e. The molecule has 2 aromatic rings. The molecule has 3 nitrogen and oxygen atoms in total. The lowest BCUT2D eigenvalue weighted by Gasteiger charge is -2.06. The monoisotopic (exact) mass is 305 g/mol. The first kappa shape index (κ1) is 16.5. The van der Waals surface area contributed by atoms with E-state index in [1.54, 1.807) is 24.3 Å². The van der Waals surface area contributed by atoms with E-state index in [4.69, 9.17) is 6.42 Å². The van der Waals surface area contributed by atoms with E-state index in [2.05, 4.69) is 18.2 Å². The average Bonchev–Trinajstić information content (AvgIpc) is 2.60. The van der Waals surface area contributed by atoms with Crippen LogP contribution in [0, 0.1) is 12.3 Å². The summed E-state index contributed by atoms with van der Waals surface area (Å²) in [7, 11) is 0. The fourth-order valence-corrected chi connectivity index (χ4v) is 2.21. The van der Waals surface area contributed by atoms with Gasteiger partial charge in [-0.2, -0.15) is 0 Å². The SMILES string of the molecule is C#Cc1cccc(NC(=O)CCC(=O)c2ccc(CC)cc2)c1. The molecule has 0 aromatic heterocycles. The minimum Gasteiger partial charge on any atom is -0.326 e. The Labute approximate surface area is 136 Å². The maximum Gasteiger partial charge on any atom is 0.224 e. The minimum atomic E-state index is -0.197. The number of nitrogens with one attached hydrogen (secondary N) is 1. The van der Waals surface area contributed by atoms with Gasteiger partial charge in [0.05, 0.1) is 0 Å². The van der Waals surface area contributed by atoms with E-state index in [0.29, 0.717) is 16.8 Å². The lowest BCUT2D eigenvalue weighted by molar-refractivity contribution is -0.116. The summed E-state index contributed by atoms with van der Waals surface area (Å²) >= 11 is 0. The van der Waals surface area contributed by atoms with Crippen molar-refractivity contribution in [3.8, 4) is 12.3 Å². The number of ketones is 1. The van der Waals surface area contributed by atoms with Gasteiger partial charge in [0.25, 0.3) is 0 Å². The van der Waals surface area contributed by atoms with Crippen molar-refractivity contribution in [1.29, 1.82) is 0 Å². The molecule has 0 aliphatic carbocycles. The molecule has 0 bridgehead atoms. The first-order valence-corrected chi connectivity index (χ1v) is 7.61. The van der Waals surface area contributed by atoms with Crippen LogP contribution in [0.25, 0.3) is 0 Å². The van der Waals surface area contributed by atoms with Crippen LogP contribution in [-0.2, 0) is 11.2 Å². The number of rotatable bonds is 6. The van der Waals surface area contributed by atoms with Crippen LogP contribution in [-0.4, -0.2) is 11.7 Å². The molecule has 0 spiro atoms. The van der Waals surface area contributed by atoms with Gasteiger partial charge in [-0.15, -0.1) is 6.42 Å². The molecule has 116 valence electrons. The number of carbonyl (C=O) groups is 2. The third-order valence-corrected chi connectivity index (χ3v) is 3.58. The Morgan fingerprint density at radius 2 is 1.83 bits per heavy atom. The summed E-state index contributed by atoms with van der Waals surface area (Å²) in [5.74, 6) is 2.29. The van der Waals surface area contributed by atoms with Gasteiger partial charge in [0.15, 0.2) is 5.78 Å². The summed E-state index contributed by atoms with van der Waals surface area (Å²) in [5, 5.41) is 2.75. The van der Waals surface area contributed by atoms with E-state index in [-0.39, 0.29) is 24.5 Å². The van der Waals surface area contributed by atoms with Crippen LogP contribution in [0.2, 0.25) is 0 Å². The Morgan fingerprint density at radius 1 is 1.09 bits per heavy atom. The summed E-state index contributed by atoms with van der Waals surface area (Å²) in [6.45, 7) is 2.07. The molecule has 0 unspecified atom stereocenters. The molecule has 0 atom stereocenters. The average molecular weight is 305 g/mol. The summed E-state index contributed by atoms with van der Waals surface area (Å²) in [5.41, 5.74) is 3.18. The van der Waals surface area contributed by atoms with Crippen molar-refractivity contribution in [1.82, 2.24) is 0 Å². The molecule has 0 saturated carbocycles. The normalized spacial score (nSPS) is 9.91. The number of aryl methyl sites for hydroxylation is 1.